The highest BCUT2D eigenvalue weighted by Crippen LogP contribution is 2.60. The van der Waals surface area contributed by atoms with E-state index in [2.05, 4.69) is 25.7 Å². The predicted octanol–water partition coefficient (Wildman–Crippen LogP) is 2.68. The maximum absolute atomic E-state index is 6.07. The summed E-state index contributed by atoms with van der Waals surface area (Å²) in [5.41, 5.74) is 0.707. The van der Waals surface area contributed by atoms with Gasteiger partial charge in [0.15, 0.2) is 0 Å². The maximum atomic E-state index is 6.07. The zero-order valence-electron chi connectivity index (χ0n) is 11.0. The van der Waals surface area contributed by atoms with E-state index in [0.717, 1.165) is 18.6 Å². The largest absolute Gasteiger partial charge is 0.375 e. The lowest BCUT2D eigenvalue weighted by Crippen LogP contribution is -2.32. The van der Waals surface area contributed by atoms with Crippen molar-refractivity contribution in [3.05, 3.63) is 0 Å². The minimum atomic E-state index is 0.0299. The van der Waals surface area contributed by atoms with Gasteiger partial charge in [0.2, 0.25) is 0 Å². The summed E-state index contributed by atoms with van der Waals surface area (Å²) < 4.78 is 6.07. The first-order valence-corrected chi connectivity index (χ1v) is 6.88. The van der Waals surface area contributed by atoms with Gasteiger partial charge in [0.05, 0.1) is 12.2 Å². The number of hydrogen-bond donors (Lipinski definition) is 0. The quantitative estimate of drug-likeness (QED) is 0.713. The topological polar surface area (TPSA) is 12.5 Å². The van der Waals surface area contributed by atoms with Crippen LogP contribution >= 0.6 is 0 Å². The van der Waals surface area contributed by atoms with Crippen LogP contribution in [0.25, 0.3) is 0 Å². The van der Waals surface area contributed by atoms with Gasteiger partial charge in [0.1, 0.15) is 0 Å². The fourth-order valence-corrected chi connectivity index (χ4v) is 3.75. The van der Waals surface area contributed by atoms with E-state index in [-0.39, 0.29) is 5.60 Å². The number of fused-ring (bicyclic) bond motifs is 1. The molecule has 3 fully saturated rings. The highest BCUT2D eigenvalue weighted by molar-refractivity contribution is 5.11. The molecule has 0 N–H and O–H groups in total. The average molecular weight is 223 g/mol. The van der Waals surface area contributed by atoms with Crippen molar-refractivity contribution in [2.75, 3.05) is 19.7 Å². The molecule has 0 aromatic heterocycles. The van der Waals surface area contributed by atoms with Crippen molar-refractivity contribution < 1.29 is 4.74 Å². The van der Waals surface area contributed by atoms with E-state index >= 15 is 0 Å². The molecular weight excluding hydrogens is 198 g/mol. The Hall–Kier alpha value is -0.0800. The van der Waals surface area contributed by atoms with Gasteiger partial charge in [-0.2, -0.15) is 0 Å². The van der Waals surface area contributed by atoms with Crippen LogP contribution in [-0.4, -0.2) is 36.2 Å². The molecule has 2 heteroatoms. The molecule has 16 heavy (non-hydrogen) atoms. The fraction of sp³-hybridized carbons (Fsp3) is 1.00. The van der Waals surface area contributed by atoms with E-state index in [1.165, 1.54) is 38.8 Å². The lowest BCUT2D eigenvalue weighted by Gasteiger charge is -2.28. The van der Waals surface area contributed by atoms with E-state index in [1.807, 2.05) is 0 Å². The standard InChI is InChI=1S/C14H25NO/c1-13(2,3)16-9-11-12-5-4-8-15(12)10-14(11)6-7-14/h11-12H,4-10H2,1-3H3/t11-,12?/m0/s1. The summed E-state index contributed by atoms with van der Waals surface area (Å²) in [6.07, 6.45) is 5.74. The molecule has 1 unspecified atom stereocenters. The molecule has 0 aromatic carbocycles. The third-order valence-electron chi connectivity index (χ3n) is 4.77. The Morgan fingerprint density at radius 3 is 2.69 bits per heavy atom. The monoisotopic (exact) mass is 223 g/mol. The lowest BCUT2D eigenvalue weighted by molar-refractivity contribution is -0.0345. The summed E-state index contributed by atoms with van der Waals surface area (Å²) >= 11 is 0. The van der Waals surface area contributed by atoms with Crippen LogP contribution in [0.2, 0.25) is 0 Å². The van der Waals surface area contributed by atoms with Crippen LogP contribution in [0.3, 0.4) is 0 Å². The van der Waals surface area contributed by atoms with Gasteiger partial charge in [-0.25, -0.2) is 0 Å². The smallest absolute Gasteiger partial charge is 0.0598 e. The summed E-state index contributed by atoms with van der Waals surface area (Å²) in [6, 6.07) is 0.852. The molecule has 2 atom stereocenters. The second-order valence-electron chi connectivity index (χ2n) is 7.07. The third kappa shape index (κ3) is 1.80. The van der Waals surface area contributed by atoms with Crippen molar-refractivity contribution in [2.24, 2.45) is 11.3 Å². The molecule has 2 saturated heterocycles. The van der Waals surface area contributed by atoms with Crippen LogP contribution in [0.4, 0.5) is 0 Å². The highest BCUT2D eigenvalue weighted by atomic mass is 16.5. The van der Waals surface area contributed by atoms with Crippen LogP contribution in [0.1, 0.15) is 46.5 Å². The van der Waals surface area contributed by atoms with Crippen molar-refractivity contribution in [2.45, 2.75) is 58.1 Å². The van der Waals surface area contributed by atoms with Gasteiger partial charge < -0.3 is 4.74 Å². The first-order chi connectivity index (χ1) is 7.50. The predicted molar refractivity (Wildman–Crippen MR) is 65.5 cm³/mol. The second-order valence-corrected chi connectivity index (χ2v) is 7.07. The molecule has 2 aliphatic heterocycles. The van der Waals surface area contributed by atoms with Crippen molar-refractivity contribution in [3.63, 3.8) is 0 Å². The zero-order chi connectivity index (χ0) is 11.4. The zero-order valence-corrected chi connectivity index (χ0v) is 11.0. The highest BCUT2D eigenvalue weighted by Gasteiger charge is 2.59. The van der Waals surface area contributed by atoms with Gasteiger partial charge >= 0.3 is 0 Å². The first kappa shape index (κ1) is 11.0. The molecule has 0 amide bonds. The van der Waals surface area contributed by atoms with Crippen LogP contribution in [0, 0.1) is 11.3 Å². The second kappa shape index (κ2) is 3.46. The molecular formula is C14H25NO. The van der Waals surface area contributed by atoms with Gasteiger partial charge in [0.25, 0.3) is 0 Å². The molecule has 1 aliphatic carbocycles. The van der Waals surface area contributed by atoms with E-state index in [4.69, 9.17) is 4.74 Å². The van der Waals surface area contributed by atoms with Gasteiger partial charge in [0, 0.05) is 18.5 Å². The molecule has 2 nitrogen and oxygen atoms in total. The van der Waals surface area contributed by atoms with Crippen molar-refractivity contribution in [3.8, 4) is 0 Å². The molecule has 3 rings (SSSR count). The minimum absolute atomic E-state index is 0.0299. The Balaban J connectivity index is 1.67. The fourth-order valence-electron chi connectivity index (χ4n) is 3.75. The van der Waals surface area contributed by atoms with Gasteiger partial charge in [-0.05, 0) is 58.4 Å². The molecule has 0 radical (unpaired) electrons. The van der Waals surface area contributed by atoms with E-state index in [9.17, 15) is 0 Å². The van der Waals surface area contributed by atoms with E-state index in [1.54, 1.807) is 0 Å². The molecule has 0 aromatic rings. The summed E-state index contributed by atoms with van der Waals surface area (Å²) in [6.45, 7) is 10.2. The number of rotatable bonds is 2. The minimum Gasteiger partial charge on any atom is -0.375 e. The van der Waals surface area contributed by atoms with Gasteiger partial charge in [-0.1, -0.05) is 0 Å². The SMILES string of the molecule is CC(C)(C)OC[C@H]1C2CCCN2CC12CC2. The summed E-state index contributed by atoms with van der Waals surface area (Å²) in [5, 5.41) is 0. The van der Waals surface area contributed by atoms with Crippen molar-refractivity contribution >= 4 is 0 Å². The maximum Gasteiger partial charge on any atom is 0.0598 e. The average Bonchev–Trinajstić information content (AvgIpc) is 2.65. The lowest BCUT2D eigenvalue weighted by atomic mass is 9.87. The molecule has 2 heterocycles. The Labute approximate surface area is 99.3 Å². The summed E-state index contributed by atoms with van der Waals surface area (Å²) in [7, 11) is 0. The molecule has 1 saturated carbocycles. The summed E-state index contributed by atoms with van der Waals surface area (Å²) in [4.78, 5) is 2.74. The number of ether oxygens (including phenoxy) is 1. The van der Waals surface area contributed by atoms with Crippen LogP contribution in [0.5, 0.6) is 0 Å². The van der Waals surface area contributed by atoms with Crippen LogP contribution < -0.4 is 0 Å². The number of hydrogen-bond acceptors (Lipinski definition) is 2. The third-order valence-corrected chi connectivity index (χ3v) is 4.77. The van der Waals surface area contributed by atoms with E-state index < -0.39 is 0 Å². The Kier molecular flexibility index (Phi) is 2.38. The van der Waals surface area contributed by atoms with Gasteiger partial charge in [-0.15, -0.1) is 0 Å². The normalized spacial score (nSPS) is 36.9. The Morgan fingerprint density at radius 1 is 1.31 bits per heavy atom. The molecule has 0 bridgehead atoms. The van der Waals surface area contributed by atoms with Gasteiger partial charge in [-0.3, -0.25) is 4.90 Å². The molecule has 3 aliphatic rings. The number of nitrogens with zero attached hydrogens (tertiary/aromatic N) is 1. The van der Waals surface area contributed by atoms with Crippen LogP contribution in [0.15, 0.2) is 0 Å². The molecule has 92 valence electrons. The first-order valence-electron chi connectivity index (χ1n) is 6.88. The summed E-state index contributed by atoms with van der Waals surface area (Å²) in [5.74, 6) is 0.828. The molecule has 1 spiro atoms. The van der Waals surface area contributed by atoms with Crippen LogP contribution in [-0.2, 0) is 4.74 Å². The van der Waals surface area contributed by atoms with Crippen molar-refractivity contribution in [1.82, 2.24) is 4.90 Å². The van der Waals surface area contributed by atoms with Crippen molar-refractivity contribution in [1.29, 1.82) is 0 Å². The Bertz CT molecular complexity index is 277. The Morgan fingerprint density at radius 2 is 2.06 bits per heavy atom. The van der Waals surface area contributed by atoms with E-state index in [0.29, 0.717) is 5.41 Å².